The smallest absolute Gasteiger partial charge is 0.222 e. The first-order valence-electron chi connectivity index (χ1n) is 6.48. The summed E-state index contributed by atoms with van der Waals surface area (Å²) in [7, 11) is 0. The second-order valence-corrected chi connectivity index (χ2v) is 5.48. The summed E-state index contributed by atoms with van der Waals surface area (Å²) in [5.41, 5.74) is 7.02. The van der Waals surface area contributed by atoms with Crippen LogP contribution in [0.25, 0.3) is 0 Å². The highest BCUT2D eigenvalue weighted by Gasteiger charge is 2.30. The lowest BCUT2D eigenvalue weighted by Gasteiger charge is -2.39. The molecule has 0 spiro atoms. The number of aliphatic hydroxyl groups excluding tert-OH is 1. The van der Waals surface area contributed by atoms with Crippen molar-refractivity contribution in [2.75, 3.05) is 11.4 Å². The molecule has 0 bridgehead atoms. The number of piperidine rings is 1. The number of hydrogen-bond donors (Lipinski definition) is 2. The third-order valence-corrected chi connectivity index (χ3v) is 4.20. The second-order valence-electron chi connectivity index (χ2n) is 5.07. The minimum Gasteiger partial charge on any atom is -0.392 e. The summed E-state index contributed by atoms with van der Waals surface area (Å²) >= 11 is 6.12. The Balaban J connectivity index is 2.33. The lowest BCUT2D eigenvalue weighted by molar-refractivity contribution is -0.122. The summed E-state index contributed by atoms with van der Waals surface area (Å²) in [5.74, 6) is -0.397. The Labute approximate surface area is 118 Å². The number of hydrogen-bond acceptors (Lipinski definition) is 3. The Morgan fingerprint density at radius 1 is 1.53 bits per heavy atom. The monoisotopic (exact) mass is 282 g/mol. The standard InChI is InChI=1S/C14H19ClN2O2/c1-9-5-6-10(14(16)19)7-17(9)13-4-2-3-12(15)11(13)8-18/h2-4,9-10,18H,5-8H2,1H3,(H2,16,19). The molecule has 1 aromatic rings. The van der Waals surface area contributed by atoms with Gasteiger partial charge in [0.2, 0.25) is 5.91 Å². The molecule has 104 valence electrons. The van der Waals surface area contributed by atoms with E-state index in [9.17, 15) is 9.90 Å². The molecule has 2 atom stereocenters. The summed E-state index contributed by atoms with van der Waals surface area (Å²) in [6, 6.07) is 5.85. The predicted molar refractivity (Wildman–Crippen MR) is 76.1 cm³/mol. The lowest BCUT2D eigenvalue weighted by atomic mass is 9.92. The Morgan fingerprint density at radius 2 is 2.26 bits per heavy atom. The molecule has 2 unspecified atom stereocenters. The number of halogens is 1. The minimum absolute atomic E-state index is 0.112. The maximum atomic E-state index is 11.4. The Kier molecular flexibility index (Phi) is 4.32. The number of amides is 1. The van der Waals surface area contributed by atoms with Gasteiger partial charge in [-0.25, -0.2) is 0 Å². The maximum Gasteiger partial charge on any atom is 0.222 e. The van der Waals surface area contributed by atoms with E-state index < -0.39 is 0 Å². The topological polar surface area (TPSA) is 66.6 Å². The van der Waals surface area contributed by atoms with Crippen molar-refractivity contribution in [3.8, 4) is 0 Å². The van der Waals surface area contributed by atoms with E-state index in [-0.39, 0.29) is 18.4 Å². The number of benzene rings is 1. The summed E-state index contributed by atoms with van der Waals surface area (Å²) in [6.45, 7) is 2.59. The Hall–Kier alpha value is -1.26. The number of anilines is 1. The average Bonchev–Trinajstić information content (AvgIpc) is 2.38. The van der Waals surface area contributed by atoms with E-state index in [1.807, 2.05) is 12.1 Å². The number of carbonyl (C=O) groups is 1. The lowest BCUT2D eigenvalue weighted by Crippen LogP contribution is -2.46. The molecule has 1 heterocycles. The third kappa shape index (κ3) is 2.85. The predicted octanol–water partition coefficient (Wildman–Crippen LogP) is 1.92. The first kappa shape index (κ1) is 14.2. The molecule has 19 heavy (non-hydrogen) atoms. The van der Waals surface area contributed by atoms with Crippen molar-refractivity contribution in [3.05, 3.63) is 28.8 Å². The summed E-state index contributed by atoms with van der Waals surface area (Å²) in [4.78, 5) is 13.5. The molecule has 0 saturated carbocycles. The fourth-order valence-corrected chi connectivity index (χ4v) is 2.88. The average molecular weight is 283 g/mol. The van der Waals surface area contributed by atoms with E-state index in [4.69, 9.17) is 17.3 Å². The van der Waals surface area contributed by atoms with Gasteiger partial charge in [-0.15, -0.1) is 0 Å². The molecule has 1 aromatic carbocycles. The molecule has 1 aliphatic heterocycles. The van der Waals surface area contributed by atoms with Crippen LogP contribution in [0.1, 0.15) is 25.3 Å². The highest BCUT2D eigenvalue weighted by molar-refractivity contribution is 6.31. The summed E-state index contributed by atoms with van der Waals surface area (Å²) in [6.07, 6.45) is 1.73. The normalized spacial score (nSPS) is 23.4. The van der Waals surface area contributed by atoms with Gasteiger partial charge in [0.15, 0.2) is 0 Å². The van der Waals surface area contributed by atoms with Gasteiger partial charge >= 0.3 is 0 Å². The van der Waals surface area contributed by atoms with Crippen LogP contribution in [0.3, 0.4) is 0 Å². The van der Waals surface area contributed by atoms with Crippen LogP contribution in [-0.2, 0) is 11.4 Å². The largest absolute Gasteiger partial charge is 0.392 e. The highest BCUT2D eigenvalue weighted by atomic mass is 35.5. The molecule has 2 rings (SSSR count). The summed E-state index contributed by atoms with van der Waals surface area (Å²) < 4.78 is 0. The van der Waals surface area contributed by atoms with Crippen molar-refractivity contribution < 1.29 is 9.90 Å². The van der Waals surface area contributed by atoms with Gasteiger partial charge in [0, 0.05) is 28.9 Å². The molecule has 0 aromatic heterocycles. The minimum atomic E-state index is -0.260. The zero-order chi connectivity index (χ0) is 14.0. The van der Waals surface area contributed by atoms with Gasteiger partial charge in [0.25, 0.3) is 0 Å². The van der Waals surface area contributed by atoms with Crippen molar-refractivity contribution in [2.24, 2.45) is 11.7 Å². The molecule has 1 aliphatic rings. The van der Waals surface area contributed by atoms with Gasteiger partial charge in [-0.1, -0.05) is 17.7 Å². The van der Waals surface area contributed by atoms with E-state index in [1.165, 1.54) is 0 Å². The van der Waals surface area contributed by atoms with Crippen molar-refractivity contribution in [1.82, 2.24) is 0 Å². The first-order chi connectivity index (χ1) is 9.04. The quantitative estimate of drug-likeness (QED) is 0.890. The maximum absolute atomic E-state index is 11.4. The van der Waals surface area contributed by atoms with Gasteiger partial charge in [0.1, 0.15) is 0 Å². The van der Waals surface area contributed by atoms with Crippen LogP contribution in [0.15, 0.2) is 18.2 Å². The van der Waals surface area contributed by atoms with Crippen LogP contribution in [-0.4, -0.2) is 23.6 Å². The van der Waals surface area contributed by atoms with Crippen LogP contribution in [0.4, 0.5) is 5.69 Å². The van der Waals surface area contributed by atoms with Crippen molar-refractivity contribution in [3.63, 3.8) is 0 Å². The van der Waals surface area contributed by atoms with Crippen LogP contribution in [0.5, 0.6) is 0 Å². The molecule has 1 saturated heterocycles. The molecule has 0 aliphatic carbocycles. The van der Waals surface area contributed by atoms with E-state index in [1.54, 1.807) is 6.07 Å². The SMILES string of the molecule is CC1CCC(C(N)=O)CN1c1cccc(Cl)c1CO. The van der Waals surface area contributed by atoms with Gasteiger partial charge in [-0.2, -0.15) is 0 Å². The van der Waals surface area contributed by atoms with E-state index in [2.05, 4.69) is 11.8 Å². The highest BCUT2D eigenvalue weighted by Crippen LogP contribution is 2.33. The van der Waals surface area contributed by atoms with Crippen molar-refractivity contribution >= 4 is 23.2 Å². The van der Waals surface area contributed by atoms with Crippen molar-refractivity contribution in [2.45, 2.75) is 32.4 Å². The Bertz CT molecular complexity index is 479. The van der Waals surface area contributed by atoms with Gasteiger partial charge in [0.05, 0.1) is 12.5 Å². The number of rotatable bonds is 3. The molecule has 1 fully saturated rings. The molecule has 0 radical (unpaired) electrons. The fraction of sp³-hybridized carbons (Fsp3) is 0.500. The van der Waals surface area contributed by atoms with Gasteiger partial charge < -0.3 is 15.7 Å². The molecule has 1 amide bonds. The van der Waals surface area contributed by atoms with Crippen LogP contribution >= 0.6 is 11.6 Å². The first-order valence-corrected chi connectivity index (χ1v) is 6.86. The van der Waals surface area contributed by atoms with E-state index in [0.717, 1.165) is 18.5 Å². The van der Waals surface area contributed by atoms with Crippen LogP contribution < -0.4 is 10.6 Å². The number of aliphatic hydroxyl groups is 1. The van der Waals surface area contributed by atoms with Crippen LogP contribution in [0.2, 0.25) is 5.02 Å². The molecule has 3 N–H and O–H groups in total. The zero-order valence-electron chi connectivity index (χ0n) is 11.0. The number of primary amides is 1. The fourth-order valence-electron chi connectivity index (χ4n) is 2.65. The second kappa shape index (κ2) is 5.80. The molecule has 5 heteroatoms. The Morgan fingerprint density at radius 3 is 2.89 bits per heavy atom. The van der Waals surface area contributed by atoms with Gasteiger partial charge in [-0.05, 0) is 31.9 Å². The van der Waals surface area contributed by atoms with E-state index >= 15 is 0 Å². The van der Waals surface area contributed by atoms with Gasteiger partial charge in [-0.3, -0.25) is 4.79 Å². The summed E-state index contributed by atoms with van der Waals surface area (Å²) in [5, 5.41) is 10.0. The molecular formula is C14H19ClN2O2. The van der Waals surface area contributed by atoms with E-state index in [0.29, 0.717) is 23.2 Å². The molecule has 4 nitrogen and oxygen atoms in total. The number of nitrogens with zero attached hydrogens (tertiary/aromatic N) is 1. The van der Waals surface area contributed by atoms with Crippen molar-refractivity contribution in [1.29, 1.82) is 0 Å². The number of nitrogens with two attached hydrogens (primary N) is 1. The third-order valence-electron chi connectivity index (χ3n) is 3.85. The molecular weight excluding hydrogens is 264 g/mol. The zero-order valence-corrected chi connectivity index (χ0v) is 11.7. The van der Waals surface area contributed by atoms with Crippen LogP contribution in [0, 0.1) is 5.92 Å². The number of carbonyl (C=O) groups excluding carboxylic acids is 1.